The van der Waals surface area contributed by atoms with Crippen LogP contribution in [0.2, 0.25) is 0 Å². The third-order valence-electron chi connectivity index (χ3n) is 7.17. The van der Waals surface area contributed by atoms with Crippen molar-refractivity contribution in [3.05, 3.63) is 77.4 Å². The van der Waals surface area contributed by atoms with Gasteiger partial charge in [-0.3, -0.25) is 0 Å². The zero-order valence-corrected chi connectivity index (χ0v) is 20.1. The van der Waals surface area contributed by atoms with E-state index >= 15 is 4.39 Å². The summed E-state index contributed by atoms with van der Waals surface area (Å²) >= 11 is 0. The number of urea groups is 1. The minimum Gasteiger partial charge on any atom is -0.393 e. The Morgan fingerprint density at radius 1 is 1.20 bits per heavy atom. The van der Waals surface area contributed by atoms with Crippen molar-refractivity contribution in [3.8, 4) is 0 Å². The summed E-state index contributed by atoms with van der Waals surface area (Å²) in [4.78, 5) is 18.7. The van der Waals surface area contributed by atoms with Crippen LogP contribution < -0.4 is 0 Å². The van der Waals surface area contributed by atoms with Crippen molar-refractivity contribution in [2.24, 2.45) is 0 Å². The molecule has 1 N–H and O–H groups in total. The van der Waals surface area contributed by atoms with Crippen molar-refractivity contribution in [3.63, 3.8) is 0 Å². The highest BCUT2D eigenvalue weighted by molar-refractivity contribution is 5.83. The molecule has 188 valence electrons. The molecule has 2 heterocycles. The van der Waals surface area contributed by atoms with Crippen LogP contribution >= 0.6 is 0 Å². The first-order valence-electron chi connectivity index (χ1n) is 12.0. The number of carbonyl (C=O) groups is 1. The first kappa shape index (κ1) is 25.3. The molecule has 35 heavy (non-hydrogen) atoms. The van der Waals surface area contributed by atoms with E-state index in [2.05, 4.69) is 4.90 Å². The first-order chi connectivity index (χ1) is 16.8. The SMILES string of the molecule is CCCN1CCC(N(C)C(=O)N2CC(c3cc(F)ccc3F)=C[C@@]2(CO)c2ccccc2)C(F)C1. The number of rotatable bonds is 6. The van der Waals surface area contributed by atoms with Crippen molar-refractivity contribution in [1.82, 2.24) is 14.7 Å². The molecule has 1 fully saturated rings. The van der Waals surface area contributed by atoms with E-state index in [0.29, 0.717) is 24.1 Å². The highest BCUT2D eigenvalue weighted by Gasteiger charge is 2.47. The average molecular weight is 488 g/mol. The maximum Gasteiger partial charge on any atom is 0.321 e. The van der Waals surface area contributed by atoms with Gasteiger partial charge in [-0.1, -0.05) is 37.3 Å². The van der Waals surface area contributed by atoms with Crippen molar-refractivity contribution in [1.29, 1.82) is 0 Å². The second kappa shape index (κ2) is 10.4. The van der Waals surface area contributed by atoms with Crippen LogP contribution in [0, 0.1) is 11.6 Å². The molecule has 2 unspecified atom stereocenters. The van der Waals surface area contributed by atoms with Crippen LogP contribution in [0.15, 0.2) is 54.6 Å². The summed E-state index contributed by atoms with van der Waals surface area (Å²) in [6.07, 6.45) is 1.84. The number of piperidine rings is 1. The lowest BCUT2D eigenvalue weighted by molar-refractivity contribution is 0.0356. The Bertz CT molecular complexity index is 1080. The number of halogens is 3. The standard InChI is InChI=1S/C27H32F3N3O2/c1-3-12-32-13-11-25(24(30)17-32)31(2)26(35)33-16-19(22-14-21(28)9-10-23(22)29)15-27(33,18-34)20-7-5-4-6-8-20/h4-10,14-15,24-25,34H,3,11-13,16-18H2,1-2H3/t24?,25?,27-/m1/s1. The zero-order chi connectivity index (χ0) is 25.2. The Morgan fingerprint density at radius 2 is 1.94 bits per heavy atom. The second-order valence-corrected chi connectivity index (χ2v) is 9.39. The van der Waals surface area contributed by atoms with E-state index in [1.165, 1.54) is 9.80 Å². The molecule has 2 aromatic rings. The van der Waals surface area contributed by atoms with Crippen LogP contribution in [0.25, 0.3) is 5.57 Å². The number of alkyl halides is 1. The van der Waals surface area contributed by atoms with E-state index in [1.807, 2.05) is 13.0 Å². The molecule has 0 aliphatic carbocycles. The fourth-order valence-electron chi connectivity index (χ4n) is 5.30. The Hall–Kier alpha value is -2.84. The number of likely N-dealkylation sites (tertiary alicyclic amines) is 1. The number of aliphatic hydroxyl groups excluding tert-OH is 1. The van der Waals surface area contributed by atoms with Crippen LogP contribution in [0.4, 0.5) is 18.0 Å². The van der Waals surface area contributed by atoms with Crippen LogP contribution in [-0.4, -0.2) is 77.9 Å². The Kier molecular flexibility index (Phi) is 7.52. The van der Waals surface area contributed by atoms with Gasteiger partial charge in [-0.05, 0) is 54.8 Å². The normalized spacial score (nSPS) is 25.0. The second-order valence-electron chi connectivity index (χ2n) is 9.39. The van der Waals surface area contributed by atoms with Gasteiger partial charge in [0, 0.05) is 32.2 Å². The van der Waals surface area contributed by atoms with Gasteiger partial charge in [0.05, 0.1) is 12.6 Å². The van der Waals surface area contributed by atoms with E-state index in [9.17, 15) is 18.7 Å². The summed E-state index contributed by atoms with van der Waals surface area (Å²) in [7, 11) is 1.57. The molecule has 1 saturated heterocycles. The van der Waals surface area contributed by atoms with Crippen LogP contribution in [0.3, 0.4) is 0 Å². The molecular formula is C27H32F3N3O2. The molecule has 2 aliphatic rings. The molecular weight excluding hydrogens is 455 g/mol. The minimum atomic E-state index is -1.30. The van der Waals surface area contributed by atoms with Crippen molar-refractivity contribution < 1.29 is 23.1 Å². The molecule has 0 radical (unpaired) electrons. The third kappa shape index (κ3) is 4.82. The Labute approximate surface area is 204 Å². The lowest BCUT2D eigenvalue weighted by atomic mass is 9.89. The summed E-state index contributed by atoms with van der Waals surface area (Å²) in [5, 5.41) is 10.6. The smallest absolute Gasteiger partial charge is 0.321 e. The quantitative estimate of drug-likeness (QED) is 0.656. The van der Waals surface area contributed by atoms with E-state index < -0.39 is 42.0 Å². The molecule has 8 heteroatoms. The molecule has 2 aliphatic heterocycles. The van der Waals surface area contributed by atoms with Crippen molar-refractivity contribution in [2.45, 2.75) is 37.5 Å². The molecule has 4 rings (SSSR count). The number of amides is 2. The Morgan fingerprint density at radius 3 is 2.60 bits per heavy atom. The van der Waals surface area contributed by atoms with Crippen LogP contribution in [0.1, 0.15) is 30.9 Å². The highest BCUT2D eigenvalue weighted by atomic mass is 19.1. The summed E-state index contributed by atoms with van der Waals surface area (Å²) in [5.41, 5.74) is -0.245. The fourth-order valence-corrected chi connectivity index (χ4v) is 5.30. The summed E-state index contributed by atoms with van der Waals surface area (Å²) in [5.74, 6) is -1.22. The largest absolute Gasteiger partial charge is 0.393 e. The number of benzene rings is 2. The van der Waals surface area contributed by atoms with Crippen LogP contribution in [-0.2, 0) is 5.54 Å². The lowest BCUT2D eigenvalue weighted by Crippen LogP contribution is -2.58. The van der Waals surface area contributed by atoms with Crippen molar-refractivity contribution in [2.75, 3.05) is 39.8 Å². The number of aliphatic hydroxyl groups is 1. The van der Waals surface area contributed by atoms with E-state index in [4.69, 9.17) is 0 Å². The first-order valence-corrected chi connectivity index (χ1v) is 12.0. The molecule has 0 spiro atoms. The summed E-state index contributed by atoms with van der Waals surface area (Å²) in [6, 6.07) is 11.0. The van der Waals surface area contributed by atoms with Gasteiger partial charge in [0.15, 0.2) is 0 Å². The topological polar surface area (TPSA) is 47.0 Å². The van der Waals surface area contributed by atoms with E-state index in [0.717, 1.165) is 31.2 Å². The van der Waals surface area contributed by atoms with Gasteiger partial charge in [0.25, 0.3) is 0 Å². The highest BCUT2D eigenvalue weighted by Crippen LogP contribution is 2.41. The number of carbonyl (C=O) groups excluding carboxylic acids is 1. The number of nitrogens with zero attached hydrogens (tertiary/aromatic N) is 3. The van der Waals surface area contributed by atoms with Gasteiger partial charge < -0.3 is 19.8 Å². The zero-order valence-electron chi connectivity index (χ0n) is 20.1. The van der Waals surface area contributed by atoms with Gasteiger partial charge in [-0.15, -0.1) is 0 Å². The Balaban J connectivity index is 1.69. The van der Waals surface area contributed by atoms with Gasteiger partial charge >= 0.3 is 6.03 Å². The van der Waals surface area contributed by atoms with Gasteiger partial charge in [0.2, 0.25) is 0 Å². The molecule has 0 bridgehead atoms. The molecule has 3 atom stereocenters. The fraction of sp³-hybridized carbons (Fsp3) is 0.444. The molecule has 5 nitrogen and oxygen atoms in total. The van der Waals surface area contributed by atoms with Gasteiger partial charge in [-0.25, -0.2) is 18.0 Å². The molecule has 2 amide bonds. The summed E-state index contributed by atoms with van der Waals surface area (Å²) in [6.45, 7) is 3.30. The van der Waals surface area contributed by atoms with Crippen LogP contribution in [0.5, 0.6) is 0 Å². The van der Waals surface area contributed by atoms with E-state index in [-0.39, 0.29) is 18.7 Å². The third-order valence-corrected chi connectivity index (χ3v) is 7.17. The van der Waals surface area contributed by atoms with Gasteiger partial charge in [0.1, 0.15) is 23.3 Å². The maximum absolute atomic E-state index is 15.1. The van der Waals surface area contributed by atoms with Crippen molar-refractivity contribution >= 4 is 11.6 Å². The minimum absolute atomic E-state index is 0.0351. The number of hydrogen-bond donors (Lipinski definition) is 1. The predicted molar refractivity (Wildman–Crippen MR) is 129 cm³/mol. The number of hydrogen-bond acceptors (Lipinski definition) is 3. The monoisotopic (exact) mass is 487 g/mol. The molecule has 0 saturated carbocycles. The molecule has 2 aromatic carbocycles. The average Bonchev–Trinajstić information content (AvgIpc) is 3.26. The predicted octanol–water partition coefficient (Wildman–Crippen LogP) is 4.43. The van der Waals surface area contributed by atoms with E-state index in [1.54, 1.807) is 37.4 Å². The van der Waals surface area contributed by atoms with Gasteiger partial charge in [-0.2, -0.15) is 0 Å². The maximum atomic E-state index is 15.1. The summed E-state index contributed by atoms with van der Waals surface area (Å²) < 4.78 is 43.8. The molecule has 0 aromatic heterocycles. The lowest BCUT2D eigenvalue weighted by Gasteiger charge is -2.44.